The first-order valence-electron chi connectivity index (χ1n) is 10.1. The van der Waals surface area contributed by atoms with Crippen molar-refractivity contribution in [3.63, 3.8) is 0 Å². The molecule has 5 nitrogen and oxygen atoms in total. The van der Waals surface area contributed by atoms with Crippen LogP contribution in [0.15, 0.2) is 46.3 Å². The number of halogens is 3. The highest BCUT2D eigenvalue weighted by atomic mass is 32.2. The molecule has 0 aliphatic carbocycles. The van der Waals surface area contributed by atoms with E-state index >= 15 is 0 Å². The predicted molar refractivity (Wildman–Crippen MR) is 125 cm³/mol. The van der Waals surface area contributed by atoms with Gasteiger partial charge in [-0.05, 0) is 49.2 Å². The highest BCUT2D eigenvalue weighted by molar-refractivity contribution is 8.16. The maximum atomic E-state index is 12.8. The number of aryl methyl sites for hydroxylation is 1. The summed E-state index contributed by atoms with van der Waals surface area (Å²) in [4.78, 5) is 16.5. The summed E-state index contributed by atoms with van der Waals surface area (Å²) in [6.07, 6.45) is -4.36. The van der Waals surface area contributed by atoms with Crippen LogP contribution in [0.3, 0.4) is 0 Å². The molecule has 0 aromatic heterocycles. The Kier molecular flexibility index (Phi) is 8.36. The van der Waals surface area contributed by atoms with Crippen LogP contribution in [0.2, 0.25) is 0 Å². The third-order valence-electron chi connectivity index (χ3n) is 4.99. The molecule has 0 spiro atoms. The van der Waals surface area contributed by atoms with Crippen molar-refractivity contribution in [1.29, 1.82) is 0 Å². The minimum Gasteiger partial charge on any atom is -0.482 e. The van der Waals surface area contributed by atoms with Gasteiger partial charge >= 0.3 is 12.1 Å². The van der Waals surface area contributed by atoms with Crippen molar-refractivity contribution in [3.05, 3.63) is 58.7 Å². The quantitative estimate of drug-likeness (QED) is 0.449. The summed E-state index contributed by atoms with van der Waals surface area (Å²) in [6, 6.07) is 8.87. The molecule has 2 unspecified atom stereocenters. The second-order valence-electron chi connectivity index (χ2n) is 7.56. The van der Waals surface area contributed by atoms with Crippen LogP contribution < -0.4 is 4.74 Å². The number of benzene rings is 2. The average molecular weight is 500 g/mol. The summed E-state index contributed by atoms with van der Waals surface area (Å²) in [7, 11) is 1.59. The number of aliphatic carboxylic acids is 1. The molecule has 33 heavy (non-hydrogen) atoms. The predicted octanol–water partition coefficient (Wildman–Crippen LogP) is 5.67. The monoisotopic (exact) mass is 499 g/mol. The van der Waals surface area contributed by atoms with E-state index in [1.54, 1.807) is 36.7 Å². The molecule has 0 bridgehead atoms. The van der Waals surface area contributed by atoms with Crippen LogP contribution in [0.4, 0.5) is 13.2 Å². The zero-order chi connectivity index (χ0) is 24.2. The number of alkyl halides is 3. The lowest BCUT2D eigenvalue weighted by Gasteiger charge is -2.17. The Hall–Kier alpha value is -2.17. The van der Waals surface area contributed by atoms with Crippen LogP contribution in [0.5, 0.6) is 5.75 Å². The highest BCUT2D eigenvalue weighted by Crippen LogP contribution is 2.38. The fourth-order valence-corrected chi connectivity index (χ4v) is 5.94. The molecule has 3 rings (SSSR count). The van der Waals surface area contributed by atoms with Crippen LogP contribution in [0, 0.1) is 6.92 Å². The summed E-state index contributed by atoms with van der Waals surface area (Å²) in [6.45, 7) is 3.79. The van der Waals surface area contributed by atoms with Gasteiger partial charge in [-0.15, -0.1) is 11.8 Å². The molecule has 1 aliphatic heterocycles. The van der Waals surface area contributed by atoms with Crippen LogP contribution in [-0.2, 0) is 22.3 Å². The number of rotatable bonds is 9. The van der Waals surface area contributed by atoms with Crippen molar-refractivity contribution >= 4 is 34.5 Å². The number of aliphatic imine (C=N–C) groups is 1. The van der Waals surface area contributed by atoms with Gasteiger partial charge in [0.05, 0.1) is 23.3 Å². The molecule has 178 valence electrons. The van der Waals surface area contributed by atoms with Crippen molar-refractivity contribution in [1.82, 2.24) is 0 Å². The molecular weight excluding hydrogens is 475 g/mol. The molecule has 2 atom stereocenters. The number of ether oxygens (including phenoxy) is 2. The molecular formula is C23H24F3NO4S2. The number of methoxy groups -OCH3 is 1. The van der Waals surface area contributed by atoms with Gasteiger partial charge in [0.2, 0.25) is 0 Å². The van der Waals surface area contributed by atoms with Gasteiger partial charge in [-0.2, -0.15) is 13.2 Å². The Bertz CT molecular complexity index is 1030. The fourth-order valence-electron chi connectivity index (χ4n) is 3.23. The Morgan fingerprint density at radius 1 is 1.24 bits per heavy atom. The van der Waals surface area contributed by atoms with Crippen molar-refractivity contribution < 1.29 is 32.5 Å². The van der Waals surface area contributed by atoms with Crippen LogP contribution in [0.25, 0.3) is 0 Å². The minimum absolute atomic E-state index is 0.0185. The fraction of sp³-hybridized carbons (Fsp3) is 0.391. The largest absolute Gasteiger partial charge is 0.482 e. The second-order valence-corrected chi connectivity index (χ2v) is 9.85. The third kappa shape index (κ3) is 6.68. The van der Waals surface area contributed by atoms with Gasteiger partial charge in [-0.3, -0.25) is 4.99 Å². The van der Waals surface area contributed by atoms with Gasteiger partial charge in [0.1, 0.15) is 5.75 Å². The lowest BCUT2D eigenvalue weighted by molar-refractivity contribution is -0.139. The van der Waals surface area contributed by atoms with Gasteiger partial charge in [0.25, 0.3) is 0 Å². The Morgan fingerprint density at radius 3 is 2.55 bits per heavy atom. The molecule has 1 aliphatic rings. The van der Waals surface area contributed by atoms with Gasteiger partial charge < -0.3 is 14.6 Å². The molecule has 2 aromatic rings. The van der Waals surface area contributed by atoms with E-state index in [1.165, 1.54) is 12.1 Å². The molecule has 0 radical (unpaired) electrons. The third-order valence-corrected chi connectivity index (χ3v) is 7.85. The molecule has 0 saturated carbocycles. The molecule has 0 saturated heterocycles. The van der Waals surface area contributed by atoms with E-state index < -0.39 is 24.3 Å². The summed E-state index contributed by atoms with van der Waals surface area (Å²) in [5.74, 6) is 0.202. The first kappa shape index (κ1) is 25.5. The van der Waals surface area contributed by atoms with E-state index in [1.807, 2.05) is 19.9 Å². The van der Waals surface area contributed by atoms with Gasteiger partial charge in [-0.25, -0.2) is 4.79 Å². The van der Waals surface area contributed by atoms with Gasteiger partial charge in [-0.1, -0.05) is 23.9 Å². The SMILES string of the molecule is COCc1cc(OCC(=O)O)c(C)cc1SCC1SC(c2ccc(C(F)(F)F)cc2)=NC1C. The number of thioether (sulfide) groups is 2. The Morgan fingerprint density at radius 2 is 1.94 bits per heavy atom. The smallest absolute Gasteiger partial charge is 0.416 e. The van der Waals surface area contributed by atoms with E-state index in [4.69, 9.17) is 14.6 Å². The van der Waals surface area contributed by atoms with E-state index in [0.29, 0.717) is 17.9 Å². The average Bonchev–Trinajstić information content (AvgIpc) is 3.12. The lowest BCUT2D eigenvalue weighted by atomic mass is 10.1. The topological polar surface area (TPSA) is 68.1 Å². The zero-order valence-electron chi connectivity index (χ0n) is 18.3. The van der Waals surface area contributed by atoms with E-state index in [2.05, 4.69) is 4.99 Å². The van der Waals surface area contributed by atoms with E-state index in [9.17, 15) is 18.0 Å². The number of carboxylic acids is 1. The summed E-state index contributed by atoms with van der Waals surface area (Å²) in [5, 5.41) is 9.76. The van der Waals surface area contributed by atoms with Crippen molar-refractivity contribution in [2.75, 3.05) is 19.5 Å². The van der Waals surface area contributed by atoms with Crippen molar-refractivity contribution in [2.24, 2.45) is 4.99 Å². The first-order valence-corrected chi connectivity index (χ1v) is 12.0. The molecule has 2 aromatic carbocycles. The summed E-state index contributed by atoms with van der Waals surface area (Å²) < 4.78 is 49.1. The first-order chi connectivity index (χ1) is 15.6. The maximum absolute atomic E-state index is 12.8. The minimum atomic E-state index is -4.36. The number of carboxylic acid groups (broad SMARTS) is 1. The van der Waals surface area contributed by atoms with Crippen LogP contribution in [-0.4, -0.2) is 46.9 Å². The number of nitrogens with zero attached hydrogens (tertiary/aromatic N) is 1. The molecule has 10 heteroatoms. The van der Waals surface area contributed by atoms with Gasteiger partial charge in [0.15, 0.2) is 6.61 Å². The lowest BCUT2D eigenvalue weighted by Crippen LogP contribution is -2.16. The molecule has 1 N–H and O–H groups in total. The van der Waals surface area contributed by atoms with Crippen molar-refractivity contribution in [2.45, 2.75) is 42.8 Å². The van der Waals surface area contributed by atoms with Gasteiger partial charge in [0, 0.05) is 28.6 Å². The zero-order valence-corrected chi connectivity index (χ0v) is 19.9. The standard InChI is InChI=1S/C23H24F3NO4S2/c1-13-8-19(16(10-30-3)9-18(13)31-11-21(28)29)32-12-20-14(2)27-22(33-20)15-4-6-17(7-5-15)23(24,25)26/h4-9,14,20H,10-12H2,1-3H3,(H,28,29). The highest BCUT2D eigenvalue weighted by Gasteiger charge is 2.31. The molecule has 0 amide bonds. The van der Waals surface area contributed by atoms with Crippen LogP contribution in [0.1, 0.15) is 29.2 Å². The number of hydrogen-bond acceptors (Lipinski definition) is 6. The van der Waals surface area contributed by atoms with Crippen molar-refractivity contribution in [3.8, 4) is 5.75 Å². The maximum Gasteiger partial charge on any atom is 0.416 e. The normalized spacial score (nSPS) is 18.3. The Labute approximate surface area is 198 Å². The summed E-state index contributed by atoms with van der Waals surface area (Å²) in [5.41, 5.74) is 1.73. The number of hydrogen-bond donors (Lipinski definition) is 1. The number of carbonyl (C=O) groups is 1. The Balaban J connectivity index is 1.67. The van der Waals surface area contributed by atoms with E-state index in [0.717, 1.165) is 39.0 Å². The molecule has 1 heterocycles. The molecule has 0 fully saturated rings. The van der Waals surface area contributed by atoms with Crippen LogP contribution >= 0.6 is 23.5 Å². The second kappa shape index (κ2) is 10.8. The van der Waals surface area contributed by atoms with E-state index in [-0.39, 0.29) is 11.3 Å². The summed E-state index contributed by atoms with van der Waals surface area (Å²) >= 11 is 3.21.